The van der Waals surface area contributed by atoms with E-state index in [2.05, 4.69) is 30.4 Å². The van der Waals surface area contributed by atoms with Crippen LogP contribution in [0.25, 0.3) is 0 Å². The van der Waals surface area contributed by atoms with Gasteiger partial charge >= 0.3 is 0 Å². The zero-order valence-corrected chi connectivity index (χ0v) is 9.79. The maximum absolute atomic E-state index is 10.2. The summed E-state index contributed by atoms with van der Waals surface area (Å²) in [5.41, 5.74) is 4.11. The lowest BCUT2D eigenvalue weighted by Crippen LogP contribution is -2.42. The molecule has 1 aromatic carbocycles. The van der Waals surface area contributed by atoms with E-state index < -0.39 is 0 Å². The van der Waals surface area contributed by atoms with E-state index in [1.165, 1.54) is 30.4 Å². The summed E-state index contributed by atoms with van der Waals surface area (Å²) < 4.78 is 0. The van der Waals surface area contributed by atoms with Crippen LogP contribution in [-0.4, -0.2) is 18.2 Å². The summed E-state index contributed by atoms with van der Waals surface area (Å²) in [4.78, 5) is 0. The maximum Gasteiger partial charge on any atom is 0.0917 e. The number of hydrogen-bond donors (Lipinski definition) is 2. The van der Waals surface area contributed by atoms with Crippen LogP contribution < -0.4 is 5.32 Å². The SMILES string of the molecule is Cc1ccc2c(c1)C(O)CNCC21CCC1. The Labute approximate surface area is 96.7 Å². The van der Waals surface area contributed by atoms with Crippen molar-refractivity contribution in [1.82, 2.24) is 5.32 Å². The zero-order chi connectivity index (χ0) is 11.2. The molecule has 2 N–H and O–H groups in total. The topological polar surface area (TPSA) is 32.3 Å². The smallest absolute Gasteiger partial charge is 0.0917 e. The molecular formula is C14H19NO. The fourth-order valence-corrected chi connectivity index (χ4v) is 3.14. The van der Waals surface area contributed by atoms with Gasteiger partial charge in [0.1, 0.15) is 0 Å². The molecule has 86 valence electrons. The number of aryl methyl sites for hydroxylation is 1. The van der Waals surface area contributed by atoms with Crippen LogP contribution in [0.2, 0.25) is 0 Å². The van der Waals surface area contributed by atoms with Crippen LogP contribution in [0, 0.1) is 6.92 Å². The molecule has 2 aliphatic rings. The van der Waals surface area contributed by atoms with E-state index in [0.29, 0.717) is 12.0 Å². The molecule has 1 aromatic rings. The summed E-state index contributed by atoms with van der Waals surface area (Å²) in [6.45, 7) is 3.82. The largest absolute Gasteiger partial charge is 0.387 e. The number of nitrogens with one attached hydrogen (secondary N) is 1. The molecule has 1 aliphatic heterocycles. The molecule has 1 spiro atoms. The number of fused-ring (bicyclic) bond motifs is 2. The lowest BCUT2D eigenvalue weighted by atomic mass is 9.63. The number of aliphatic hydroxyl groups is 1. The van der Waals surface area contributed by atoms with Gasteiger partial charge in [0.25, 0.3) is 0 Å². The lowest BCUT2D eigenvalue weighted by molar-refractivity contribution is 0.176. The van der Waals surface area contributed by atoms with Gasteiger partial charge in [0.05, 0.1) is 6.10 Å². The Bertz CT molecular complexity index is 409. The first-order chi connectivity index (χ1) is 7.71. The average Bonchev–Trinajstić information content (AvgIpc) is 2.35. The van der Waals surface area contributed by atoms with Crippen LogP contribution in [0.4, 0.5) is 0 Å². The van der Waals surface area contributed by atoms with Crippen LogP contribution in [-0.2, 0) is 5.41 Å². The van der Waals surface area contributed by atoms with Crippen LogP contribution in [0.15, 0.2) is 18.2 Å². The van der Waals surface area contributed by atoms with Crippen molar-refractivity contribution in [3.8, 4) is 0 Å². The number of benzene rings is 1. The molecule has 0 aromatic heterocycles. The van der Waals surface area contributed by atoms with Gasteiger partial charge in [-0.25, -0.2) is 0 Å². The highest BCUT2D eigenvalue weighted by molar-refractivity contribution is 5.41. The van der Waals surface area contributed by atoms with E-state index in [1.807, 2.05) is 0 Å². The van der Waals surface area contributed by atoms with E-state index in [0.717, 1.165) is 12.1 Å². The molecule has 2 heteroatoms. The summed E-state index contributed by atoms with van der Waals surface area (Å²) in [5.74, 6) is 0. The minimum Gasteiger partial charge on any atom is -0.387 e. The van der Waals surface area contributed by atoms with Crippen molar-refractivity contribution in [2.75, 3.05) is 13.1 Å². The molecule has 3 rings (SSSR count). The molecule has 0 radical (unpaired) electrons. The van der Waals surface area contributed by atoms with Gasteiger partial charge in [-0.15, -0.1) is 0 Å². The molecular weight excluding hydrogens is 198 g/mol. The van der Waals surface area contributed by atoms with E-state index in [1.54, 1.807) is 0 Å². The molecule has 1 aliphatic carbocycles. The van der Waals surface area contributed by atoms with E-state index in [9.17, 15) is 5.11 Å². The highest BCUT2D eigenvalue weighted by atomic mass is 16.3. The standard InChI is InChI=1S/C14H19NO/c1-10-3-4-12-11(7-10)13(16)8-15-9-14(12)5-2-6-14/h3-4,7,13,15-16H,2,5-6,8-9H2,1H3. The summed E-state index contributed by atoms with van der Waals surface area (Å²) in [6, 6.07) is 6.57. The van der Waals surface area contributed by atoms with E-state index in [-0.39, 0.29) is 6.10 Å². The molecule has 16 heavy (non-hydrogen) atoms. The van der Waals surface area contributed by atoms with Crippen molar-refractivity contribution >= 4 is 0 Å². The number of aliphatic hydroxyl groups excluding tert-OH is 1. The van der Waals surface area contributed by atoms with Crippen molar-refractivity contribution in [2.45, 2.75) is 37.7 Å². The Hall–Kier alpha value is -0.860. The van der Waals surface area contributed by atoms with E-state index >= 15 is 0 Å². The highest BCUT2D eigenvalue weighted by Crippen LogP contribution is 2.46. The Morgan fingerprint density at radius 3 is 2.88 bits per heavy atom. The first-order valence-electron chi connectivity index (χ1n) is 6.21. The minimum atomic E-state index is -0.338. The van der Waals surface area contributed by atoms with Crippen LogP contribution in [0.1, 0.15) is 42.1 Å². The van der Waals surface area contributed by atoms with Gasteiger partial charge in [-0.3, -0.25) is 0 Å². The Morgan fingerprint density at radius 2 is 2.19 bits per heavy atom. The number of β-amino-alcohol motifs (C(OH)–C–C–N with tert-alkyl or cyclic N) is 1. The monoisotopic (exact) mass is 217 g/mol. The molecule has 1 heterocycles. The number of hydrogen-bond acceptors (Lipinski definition) is 2. The molecule has 0 amide bonds. The third kappa shape index (κ3) is 1.40. The molecule has 2 nitrogen and oxygen atoms in total. The Balaban J connectivity index is 2.13. The van der Waals surface area contributed by atoms with Gasteiger partial charge in [-0.2, -0.15) is 0 Å². The second kappa shape index (κ2) is 3.57. The molecule has 1 saturated carbocycles. The fourth-order valence-electron chi connectivity index (χ4n) is 3.14. The quantitative estimate of drug-likeness (QED) is 0.697. The van der Waals surface area contributed by atoms with Gasteiger partial charge in [-0.1, -0.05) is 30.2 Å². The van der Waals surface area contributed by atoms with Gasteiger partial charge in [0.15, 0.2) is 0 Å². The van der Waals surface area contributed by atoms with Crippen molar-refractivity contribution < 1.29 is 5.11 Å². The first kappa shape index (κ1) is 10.3. The molecule has 0 bridgehead atoms. The Morgan fingerprint density at radius 1 is 1.38 bits per heavy atom. The summed E-state index contributed by atoms with van der Waals surface area (Å²) in [7, 11) is 0. The fraction of sp³-hybridized carbons (Fsp3) is 0.571. The minimum absolute atomic E-state index is 0.320. The summed E-state index contributed by atoms with van der Waals surface area (Å²) in [6.07, 6.45) is 3.52. The molecule has 1 unspecified atom stereocenters. The Kier molecular flexibility index (Phi) is 2.30. The molecule has 1 atom stereocenters. The van der Waals surface area contributed by atoms with Gasteiger partial charge in [0.2, 0.25) is 0 Å². The molecule has 1 fully saturated rings. The second-order valence-electron chi connectivity index (χ2n) is 5.37. The third-order valence-electron chi connectivity index (χ3n) is 4.25. The second-order valence-corrected chi connectivity index (χ2v) is 5.37. The lowest BCUT2D eigenvalue weighted by Gasteiger charge is -2.42. The first-order valence-corrected chi connectivity index (χ1v) is 6.21. The van der Waals surface area contributed by atoms with Crippen LogP contribution in [0.3, 0.4) is 0 Å². The van der Waals surface area contributed by atoms with Gasteiger partial charge < -0.3 is 10.4 Å². The highest BCUT2D eigenvalue weighted by Gasteiger charge is 2.41. The maximum atomic E-state index is 10.2. The van der Waals surface area contributed by atoms with Crippen molar-refractivity contribution in [3.05, 3.63) is 34.9 Å². The van der Waals surface area contributed by atoms with Crippen molar-refractivity contribution in [3.63, 3.8) is 0 Å². The van der Waals surface area contributed by atoms with Gasteiger partial charge in [0, 0.05) is 18.5 Å². The van der Waals surface area contributed by atoms with Gasteiger partial charge in [-0.05, 0) is 30.9 Å². The van der Waals surface area contributed by atoms with E-state index in [4.69, 9.17) is 0 Å². The van der Waals surface area contributed by atoms with Crippen molar-refractivity contribution in [2.24, 2.45) is 0 Å². The third-order valence-corrected chi connectivity index (χ3v) is 4.25. The van der Waals surface area contributed by atoms with Crippen LogP contribution in [0.5, 0.6) is 0 Å². The zero-order valence-electron chi connectivity index (χ0n) is 9.79. The normalized spacial score (nSPS) is 27.0. The summed E-state index contributed by atoms with van der Waals surface area (Å²) in [5, 5.41) is 13.6. The predicted molar refractivity (Wildman–Crippen MR) is 64.5 cm³/mol. The van der Waals surface area contributed by atoms with Crippen LogP contribution >= 0.6 is 0 Å². The predicted octanol–water partition coefficient (Wildman–Crippen LogP) is 2.05. The average molecular weight is 217 g/mol. The number of rotatable bonds is 0. The summed E-state index contributed by atoms with van der Waals surface area (Å²) >= 11 is 0. The van der Waals surface area contributed by atoms with Crippen molar-refractivity contribution in [1.29, 1.82) is 0 Å². The molecule has 0 saturated heterocycles.